The number of amides is 1. The molecule has 1 unspecified atom stereocenters. The summed E-state index contributed by atoms with van der Waals surface area (Å²) in [4.78, 5) is 11.7. The third kappa shape index (κ3) is 2.36. The molecule has 0 saturated heterocycles. The average Bonchev–Trinajstić information content (AvgIpc) is 2.23. The molecule has 1 fully saturated rings. The van der Waals surface area contributed by atoms with Gasteiger partial charge in [-0.2, -0.15) is 0 Å². The van der Waals surface area contributed by atoms with Gasteiger partial charge in [-0.1, -0.05) is 30.3 Å². The Kier molecular flexibility index (Phi) is 3.02. The largest absolute Gasteiger partial charge is 0.352 e. The molecule has 0 spiro atoms. The normalized spacial score (nSPS) is 17.9. The predicted octanol–water partition coefficient (Wildman–Crippen LogP) is 1.36. The van der Waals surface area contributed by atoms with E-state index in [9.17, 15) is 4.79 Å². The van der Waals surface area contributed by atoms with Gasteiger partial charge in [-0.05, 0) is 24.8 Å². The van der Waals surface area contributed by atoms with E-state index in [1.165, 1.54) is 6.42 Å². The lowest BCUT2D eigenvalue weighted by atomic mass is 9.92. The highest BCUT2D eigenvalue weighted by Gasteiger charge is 2.23. The molecule has 2 rings (SSSR count). The minimum Gasteiger partial charge on any atom is -0.352 e. The van der Waals surface area contributed by atoms with E-state index in [4.69, 9.17) is 5.73 Å². The highest BCUT2D eigenvalue weighted by atomic mass is 16.2. The fourth-order valence-corrected chi connectivity index (χ4v) is 1.66. The summed E-state index contributed by atoms with van der Waals surface area (Å²) in [5, 5.41) is 2.95. The Morgan fingerprint density at radius 3 is 2.53 bits per heavy atom. The van der Waals surface area contributed by atoms with E-state index >= 15 is 0 Å². The first-order valence-corrected chi connectivity index (χ1v) is 5.38. The molecule has 0 aromatic heterocycles. The summed E-state index contributed by atoms with van der Waals surface area (Å²) < 4.78 is 0. The van der Waals surface area contributed by atoms with Crippen LogP contribution in [0.1, 0.15) is 30.9 Å². The Balaban J connectivity index is 1.94. The van der Waals surface area contributed by atoms with Crippen molar-refractivity contribution in [3.8, 4) is 0 Å². The lowest BCUT2D eigenvalue weighted by Crippen LogP contribution is -2.43. The number of nitrogens with two attached hydrogens (primary N) is 1. The zero-order valence-electron chi connectivity index (χ0n) is 8.65. The van der Waals surface area contributed by atoms with Gasteiger partial charge < -0.3 is 11.1 Å². The van der Waals surface area contributed by atoms with Crippen molar-refractivity contribution in [3.63, 3.8) is 0 Å². The van der Waals surface area contributed by atoms with Crippen LogP contribution in [0.3, 0.4) is 0 Å². The van der Waals surface area contributed by atoms with Crippen molar-refractivity contribution in [1.29, 1.82) is 0 Å². The second-order valence-corrected chi connectivity index (χ2v) is 4.02. The number of hydrogen-bond donors (Lipinski definition) is 2. The van der Waals surface area contributed by atoms with Gasteiger partial charge in [-0.3, -0.25) is 4.79 Å². The SMILES string of the molecule is NC(C(=O)NC1CCC1)c1ccccc1. The molecule has 1 aromatic carbocycles. The summed E-state index contributed by atoms with van der Waals surface area (Å²) in [5.74, 6) is -0.0640. The Bertz CT molecular complexity index is 333. The first-order chi connectivity index (χ1) is 7.27. The lowest BCUT2D eigenvalue weighted by Gasteiger charge is -2.27. The van der Waals surface area contributed by atoms with Crippen LogP contribution in [-0.2, 0) is 4.79 Å². The molecule has 1 atom stereocenters. The highest BCUT2D eigenvalue weighted by molar-refractivity contribution is 5.83. The van der Waals surface area contributed by atoms with E-state index in [1.54, 1.807) is 0 Å². The quantitative estimate of drug-likeness (QED) is 0.781. The number of rotatable bonds is 3. The number of benzene rings is 1. The van der Waals surface area contributed by atoms with E-state index in [0.29, 0.717) is 6.04 Å². The van der Waals surface area contributed by atoms with Gasteiger partial charge in [0.05, 0.1) is 0 Å². The summed E-state index contributed by atoms with van der Waals surface area (Å²) in [6, 6.07) is 9.28. The van der Waals surface area contributed by atoms with Gasteiger partial charge in [-0.15, -0.1) is 0 Å². The first-order valence-electron chi connectivity index (χ1n) is 5.38. The summed E-state index contributed by atoms with van der Waals surface area (Å²) >= 11 is 0. The van der Waals surface area contributed by atoms with Crippen LogP contribution >= 0.6 is 0 Å². The Morgan fingerprint density at radius 1 is 1.33 bits per heavy atom. The molecule has 80 valence electrons. The Labute approximate surface area is 89.7 Å². The summed E-state index contributed by atoms with van der Waals surface area (Å²) in [6.07, 6.45) is 3.39. The molecular formula is C12H16N2O. The van der Waals surface area contributed by atoms with E-state index in [1.807, 2.05) is 30.3 Å². The third-order valence-corrected chi connectivity index (χ3v) is 2.89. The smallest absolute Gasteiger partial charge is 0.241 e. The van der Waals surface area contributed by atoms with Gasteiger partial charge in [0, 0.05) is 6.04 Å². The maximum Gasteiger partial charge on any atom is 0.241 e. The molecule has 0 heterocycles. The van der Waals surface area contributed by atoms with Crippen LogP contribution < -0.4 is 11.1 Å². The van der Waals surface area contributed by atoms with Crippen LogP contribution in [-0.4, -0.2) is 11.9 Å². The number of carbonyl (C=O) groups is 1. The molecule has 3 heteroatoms. The summed E-state index contributed by atoms with van der Waals surface area (Å²) in [6.45, 7) is 0. The maximum atomic E-state index is 11.7. The highest BCUT2D eigenvalue weighted by Crippen LogP contribution is 2.19. The monoisotopic (exact) mass is 204 g/mol. The lowest BCUT2D eigenvalue weighted by molar-refractivity contribution is -0.123. The Morgan fingerprint density at radius 2 is 2.00 bits per heavy atom. The molecule has 3 N–H and O–H groups in total. The fourth-order valence-electron chi connectivity index (χ4n) is 1.66. The van der Waals surface area contributed by atoms with Gasteiger partial charge in [0.1, 0.15) is 6.04 Å². The molecule has 1 aromatic rings. The van der Waals surface area contributed by atoms with Crippen LogP contribution in [0.4, 0.5) is 0 Å². The minimum atomic E-state index is -0.535. The molecule has 1 aliphatic rings. The van der Waals surface area contributed by atoms with Crippen LogP contribution in [0, 0.1) is 0 Å². The van der Waals surface area contributed by atoms with E-state index < -0.39 is 6.04 Å². The van der Waals surface area contributed by atoms with Crippen molar-refractivity contribution in [2.24, 2.45) is 5.73 Å². The van der Waals surface area contributed by atoms with E-state index in [2.05, 4.69) is 5.32 Å². The molecule has 0 bridgehead atoms. The zero-order chi connectivity index (χ0) is 10.7. The molecule has 0 aliphatic heterocycles. The molecule has 15 heavy (non-hydrogen) atoms. The third-order valence-electron chi connectivity index (χ3n) is 2.89. The standard InChI is InChI=1S/C12H16N2O/c13-11(9-5-2-1-3-6-9)12(15)14-10-7-4-8-10/h1-3,5-6,10-11H,4,7-8,13H2,(H,14,15). The van der Waals surface area contributed by atoms with Crippen molar-refractivity contribution in [1.82, 2.24) is 5.32 Å². The van der Waals surface area contributed by atoms with Crippen molar-refractivity contribution < 1.29 is 4.79 Å². The second kappa shape index (κ2) is 4.45. The van der Waals surface area contributed by atoms with E-state index in [-0.39, 0.29) is 5.91 Å². The van der Waals surface area contributed by atoms with Crippen LogP contribution in [0.15, 0.2) is 30.3 Å². The molecule has 3 nitrogen and oxygen atoms in total. The molecule has 1 aliphatic carbocycles. The van der Waals surface area contributed by atoms with Crippen molar-refractivity contribution in [2.75, 3.05) is 0 Å². The number of nitrogens with one attached hydrogen (secondary N) is 1. The molecule has 1 saturated carbocycles. The van der Waals surface area contributed by atoms with Crippen molar-refractivity contribution >= 4 is 5.91 Å². The second-order valence-electron chi connectivity index (χ2n) is 4.02. The topological polar surface area (TPSA) is 55.1 Å². The van der Waals surface area contributed by atoms with Gasteiger partial charge >= 0.3 is 0 Å². The average molecular weight is 204 g/mol. The van der Waals surface area contributed by atoms with Gasteiger partial charge in [0.25, 0.3) is 0 Å². The first kappa shape index (κ1) is 10.2. The van der Waals surface area contributed by atoms with Crippen LogP contribution in [0.25, 0.3) is 0 Å². The van der Waals surface area contributed by atoms with Crippen LogP contribution in [0.2, 0.25) is 0 Å². The van der Waals surface area contributed by atoms with Gasteiger partial charge in [0.2, 0.25) is 5.91 Å². The number of hydrogen-bond acceptors (Lipinski definition) is 2. The van der Waals surface area contributed by atoms with E-state index in [0.717, 1.165) is 18.4 Å². The molecular weight excluding hydrogens is 188 g/mol. The van der Waals surface area contributed by atoms with Crippen molar-refractivity contribution in [3.05, 3.63) is 35.9 Å². The van der Waals surface area contributed by atoms with Gasteiger partial charge in [-0.25, -0.2) is 0 Å². The molecule has 1 amide bonds. The molecule has 0 radical (unpaired) electrons. The van der Waals surface area contributed by atoms with Gasteiger partial charge in [0.15, 0.2) is 0 Å². The van der Waals surface area contributed by atoms with Crippen molar-refractivity contribution in [2.45, 2.75) is 31.3 Å². The van der Waals surface area contributed by atoms with Crippen LogP contribution in [0.5, 0.6) is 0 Å². The summed E-state index contributed by atoms with van der Waals surface area (Å²) in [7, 11) is 0. The number of carbonyl (C=O) groups excluding carboxylic acids is 1. The Hall–Kier alpha value is -1.35. The predicted molar refractivity (Wildman–Crippen MR) is 59.2 cm³/mol. The summed E-state index contributed by atoms with van der Waals surface area (Å²) in [5.41, 5.74) is 6.72. The fraction of sp³-hybridized carbons (Fsp3) is 0.417. The minimum absolute atomic E-state index is 0.0640. The zero-order valence-corrected chi connectivity index (χ0v) is 8.65. The maximum absolute atomic E-state index is 11.7.